The second kappa shape index (κ2) is 3.92. The van der Waals surface area contributed by atoms with Gasteiger partial charge < -0.3 is 20.5 Å². The van der Waals surface area contributed by atoms with Crippen LogP contribution >= 0.6 is 0 Å². The van der Waals surface area contributed by atoms with Crippen molar-refractivity contribution in [2.45, 2.75) is 24.9 Å². The smallest absolute Gasteiger partial charge is 0.251 e. The van der Waals surface area contributed by atoms with E-state index in [0.29, 0.717) is 17.1 Å². The molecule has 1 aliphatic carbocycles. The van der Waals surface area contributed by atoms with Crippen LogP contribution in [0.1, 0.15) is 23.2 Å². The second-order valence-electron chi connectivity index (χ2n) is 4.47. The number of carbonyl (C=O) groups is 1. The van der Waals surface area contributed by atoms with E-state index in [0.717, 1.165) is 12.8 Å². The van der Waals surface area contributed by atoms with E-state index in [1.54, 1.807) is 18.2 Å². The van der Waals surface area contributed by atoms with E-state index < -0.39 is 0 Å². The SMILES string of the molecule is NC1CC(NC(=O)c2ccc3c(c2)OCO3)C1. The summed E-state index contributed by atoms with van der Waals surface area (Å²) in [5.41, 5.74) is 6.26. The number of carbonyl (C=O) groups excluding carboxylic acids is 1. The molecule has 0 spiro atoms. The molecule has 1 amide bonds. The lowest BCUT2D eigenvalue weighted by atomic mass is 9.87. The average Bonchev–Trinajstić information content (AvgIpc) is 2.73. The van der Waals surface area contributed by atoms with Crippen LogP contribution in [0.4, 0.5) is 0 Å². The molecule has 0 saturated heterocycles. The highest BCUT2D eigenvalue weighted by Gasteiger charge is 2.27. The van der Waals surface area contributed by atoms with Gasteiger partial charge in [-0.1, -0.05) is 0 Å². The van der Waals surface area contributed by atoms with E-state index in [4.69, 9.17) is 15.2 Å². The van der Waals surface area contributed by atoms with E-state index in [1.165, 1.54) is 0 Å². The van der Waals surface area contributed by atoms with Crippen LogP contribution in [0.5, 0.6) is 11.5 Å². The summed E-state index contributed by atoms with van der Waals surface area (Å²) in [4.78, 5) is 11.9. The molecule has 2 aliphatic rings. The van der Waals surface area contributed by atoms with Crippen molar-refractivity contribution in [2.24, 2.45) is 5.73 Å². The fourth-order valence-corrected chi connectivity index (χ4v) is 2.09. The first-order chi connectivity index (χ1) is 8.22. The van der Waals surface area contributed by atoms with Crippen molar-refractivity contribution in [1.82, 2.24) is 5.32 Å². The van der Waals surface area contributed by atoms with E-state index in [9.17, 15) is 4.79 Å². The summed E-state index contributed by atoms with van der Waals surface area (Å²) >= 11 is 0. The fourth-order valence-electron chi connectivity index (χ4n) is 2.09. The highest BCUT2D eigenvalue weighted by atomic mass is 16.7. The summed E-state index contributed by atoms with van der Waals surface area (Å²) < 4.78 is 10.4. The van der Waals surface area contributed by atoms with Crippen LogP contribution in [-0.2, 0) is 0 Å². The van der Waals surface area contributed by atoms with Gasteiger partial charge in [0.25, 0.3) is 5.91 Å². The molecular formula is C12H14N2O3. The first-order valence-corrected chi connectivity index (χ1v) is 5.68. The van der Waals surface area contributed by atoms with Crippen molar-refractivity contribution in [3.63, 3.8) is 0 Å². The Morgan fingerprint density at radius 3 is 2.82 bits per heavy atom. The monoisotopic (exact) mass is 234 g/mol. The molecule has 90 valence electrons. The topological polar surface area (TPSA) is 73.6 Å². The molecule has 1 aromatic carbocycles. The number of benzene rings is 1. The third-order valence-corrected chi connectivity index (χ3v) is 3.14. The molecule has 0 aromatic heterocycles. The average molecular weight is 234 g/mol. The van der Waals surface area contributed by atoms with Crippen LogP contribution in [0.25, 0.3) is 0 Å². The minimum atomic E-state index is -0.0831. The summed E-state index contributed by atoms with van der Waals surface area (Å²) in [5, 5.41) is 2.94. The van der Waals surface area contributed by atoms with Crippen LogP contribution in [0.15, 0.2) is 18.2 Å². The van der Waals surface area contributed by atoms with Gasteiger partial charge in [0.1, 0.15) is 0 Å². The number of rotatable bonds is 2. The molecule has 5 nitrogen and oxygen atoms in total. The van der Waals surface area contributed by atoms with Crippen LogP contribution in [0.3, 0.4) is 0 Å². The maximum absolute atomic E-state index is 11.9. The molecule has 3 N–H and O–H groups in total. The predicted molar refractivity (Wildman–Crippen MR) is 61.0 cm³/mol. The van der Waals surface area contributed by atoms with E-state index in [-0.39, 0.29) is 24.8 Å². The minimum Gasteiger partial charge on any atom is -0.454 e. The van der Waals surface area contributed by atoms with Crippen LogP contribution < -0.4 is 20.5 Å². The number of nitrogens with two attached hydrogens (primary N) is 1. The molecular weight excluding hydrogens is 220 g/mol. The molecule has 17 heavy (non-hydrogen) atoms. The zero-order chi connectivity index (χ0) is 11.8. The third kappa shape index (κ3) is 1.93. The van der Waals surface area contributed by atoms with Gasteiger partial charge in [-0.3, -0.25) is 4.79 Å². The maximum atomic E-state index is 11.9. The van der Waals surface area contributed by atoms with Crippen molar-refractivity contribution in [1.29, 1.82) is 0 Å². The van der Waals surface area contributed by atoms with Gasteiger partial charge in [0, 0.05) is 17.6 Å². The van der Waals surface area contributed by atoms with Crippen LogP contribution in [-0.4, -0.2) is 24.8 Å². The molecule has 1 aromatic rings. The summed E-state index contributed by atoms with van der Waals surface area (Å²) in [6.07, 6.45) is 1.71. The molecule has 1 aliphatic heterocycles. The first kappa shape index (κ1) is 10.4. The Morgan fingerprint density at radius 1 is 1.29 bits per heavy atom. The molecule has 1 heterocycles. The molecule has 0 unspecified atom stereocenters. The Hall–Kier alpha value is -1.75. The summed E-state index contributed by atoms with van der Waals surface area (Å²) in [6, 6.07) is 5.64. The molecule has 3 rings (SSSR count). The highest BCUT2D eigenvalue weighted by Crippen LogP contribution is 2.32. The predicted octanol–water partition coefficient (Wildman–Crippen LogP) is 0.635. The third-order valence-electron chi connectivity index (χ3n) is 3.14. The first-order valence-electron chi connectivity index (χ1n) is 5.68. The minimum absolute atomic E-state index is 0.0831. The van der Waals surface area contributed by atoms with Gasteiger partial charge >= 0.3 is 0 Å². The lowest BCUT2D eigenvalue weighted by molar-refractivity contribution is 0.0910. The van der Waals surface area contributed by atoms with Gasteiger partial charge in [-0.25, -0.2) is 0 Å². The Morgan fingerprint density at radius 2 is 2.06 bits per heavy atom. The van der Waals surface area contributed by atoms with Crippen molar-refractivity contribution in [3.05, 3.63) is 23.8 Å². The molecule has 0 bridgehead atoms. The Kier molecular flexibility index (Phi) is 2.40. The Balaban J connectivity index is 1.69. The van der Waals surface area contributed by atoms with E-state index >= 15 is 0 Å². The lowest BCUT2D eigenvalue weighted by Gasteiger charge is -2.32. The molecule has 0 atom stereocenters. The van der Waals surface area contributed by atoms with Gasteiger partial charge in [-0.15, -0.1) is 0 Å². The number of nitrogens with one attached hydrogen (secondary N) is 1. The number of ether oxygens (including phenoxy) is 2. The van der Waals surface area contributed by atoms with Crippen molar-refractivity contribution in [2.75, 3.05) is 6.79 Å². The van der Waals surface area contributed by atoms with E-state index in [1.807, 2.05) is 0 Å². The maximum Gasteiger partial charge on any atom is 0.251 e. The van der Waals surface area contributed by atoms with Crippen molar-refractivity contribution < 1.29 is 14.3 Å². The molecule has 1 saturated carbocycles. The van der Waals surface area contributed by atoms with Gasteiger partial charge in [-0.2, -0.15) is 0 Å². The quantitative estimate of drug-likeness (QED) is 0.787. The zero-order valence-corrected chi connectivity index (χ0v) is 9.31. The summed E-state index contributed by atoms with van der Waals surface area (Å²) in [7, 11) is 0. The number of fused-ring (bicyclic) bond motifs is 1. The Bertz CT molecular complexity index is 455. The normalized spacial score (nSPS) is 25.2. The van der Waals surface area contributed by atoms with Gasteiger partial charge in [0.2, 0.25) is 6.79 Å². The van der Waals surface area contributed by atoms with Crippen molar-refractivity contribution in [3.8, 4) is 11.5 Å². The number of amides is 1. The molecule has 0 radical (unpaired) electrons. The number of hydrogen-bond donors (Lipinski definition) is 2. The second-order valence-corrected chi connectivity index (χ2v) is 4.47. The van der Waals surface area contributed by atoms with Crippen molar-refractivity contribution >= 4 is 5.91 Å². The van der Waals surface area contributed by atoms with Gasteiger partial charge in [-0.05, 0) is 31.0 Å². The summed E-state index contributed by atoms with van der Waals surface area (Å²) in [6.45, 7) is 0.220. The summed E-state index contributed by atoms with van der Waals surface area (Å²) in [5.74, 6) is 1.23. The molecule has 5 heteroatoms. The largest absolute Gasteiger partial charge is 0.454 e. The lowest BCUT2D eigenvalue weighted by Crippen LogP contribution is -2.50. The number of hydrogen-bond acceptors (Lipinski definition) is 4. The van der Waals surface area contributed by atoms with E-state index in [2.05, 4.69) is 5.32 Å². The van der Waals surface area contributed by atoms with Gasteiger partial charge in [0.15, 0.2) is 11.5 Å². The highest BCUT2D eigenvalue weighted by molar-refractivity contribution is 5.95. The fraction of sp³-hybridized carbons (Fsp3) is 0.417. The Labute approximate surface area is 98.9 Å². The van der Waals surface area contributed by atoms with Crippen LogP contribution in [0.2, 0.25) is 0 Å². The van der Waals surface area contributed by atoms with Gasteiger partial charge in [0.05, 0.1) is 0 Å². The standard InChI is InChI=1S/C12H14N2O3/c13-8-4-9(5-8)14-12(15)7-1-2-10-11(3-7)17-6-16-10/h1-3,8-9H,4-6,13H2,(H,14,15). The molecule has 1 fully saturated rings. The van der Waals surface area contributed by atoms with Crippen LogP contribution in [0, 0.1) is 0 Å². The zero-order valence-electron chi connectivity index (χ0n) is 9.31.